The van der Waals surface area contributed by atoms with Crippen LogP contribution in [0.4, 0.5) is 5.82 Å². The van der Waals surface area contributed by atoms with E-state index in [1.807, 2.05) is 30.3 Å². The molecule has 1 heterocycles. The number of thioether (sulfide) groups is 1. The molecule has 1 aliphatic carbocycles. The summed E-state index contributed by atoms with van der Waals surface area (Å²) in [5.41, 5.74) is 1.14. The van der Waals surface area contributed by atoms with Crippen molar-refractivity contribution in [1.82, 2.24) is 10.2 Å². The van der Waals surface area contributed by atoms with Crippen molar-refractivity contribution in [3.8, 4) is 0 Å². The van der Waals surface area contributed by atoms with Crippen LogP contribution in [0.5, 0.6) is 0 Å². The molecule has 1 aromatic heterocycles. The molecular weight excluding hydrogens is 306 g/mol. The summed E-state index contributed by atoms with van der Waals surface area (Å²) in [6.45, 7) is 0. The first-order valence-corrected chi connectivity index (χ1v) is 8.09. The standard InChI is InChI=1S/C15H14ClN3OS/c16-12-3-1-2-10(8-12)9-21-14-7-6-13(18-19-14)17-15(20)11-4-5-11/h1-3,6-8,11H,4-5,9H2,(H,17,18,20). The van der Waals surface area contributed by atoms with Gasteiger partial charge in [0.25, 0.3) is 0 Å². The minimum absolute atomic E-state index is 0.0450. The Morgan fingerprint density at radius 3 is 2.81 bits per heavy atom. The van der Waals surface area contributed by atoms with E-state index in [2.05, 4.69) is 15.5 Å². The lowest BCUT2D eigenvalue weighted by molar-refractivity contribution is -0.117. The molecule has 0 aliphatic heterocycles. The van der Waals surface area contributed by atoms with E-state index in [-0.39, 0.29) is 11.8 Å². The quantitative estimate of drug-likeness (QED) is 0.852. The maximum Gasteiger partial charge on any atom is 0.228 e. The third kappa shape index (κ3) is 4.19. The second kappa shape index (κ2) is 6.45. The predicted molar refractivity (Wildman–Crippen MR) is 84.4 cm³/mol. The van der Waals surface area contributed by atoms with Gasteiger partial charge in [-0.15, -0.1) is 10.2 Å². The normalized spacial score (nSPS) is 14.0. The lowest BCUT2D eigenvalue weighted by Gasteiger charge is -2.04. The zero-order valence-corrected chi connectivity index (χ0v) is 12.8. The van der Waals surface area contributed by atoms with E-state index in [1.165, 1.54) is 0 Å². The van der Waals surface area contributed by atoms with Gasteiger partial charge in [0.05, 0.1) is 0 Å². The van der Waals surface area contributed by atoms with Gasteiger partial charge < -0.3 is 5.32 Å². The molecule has 0 atom stereocenters. The minimum Gasteiger partial charge on any atom is -0.309 e. The van der Waals surface area contributed by atoms with E-state index < -0.39 is 0 Å². The van der Waals surface area contributed by atoms with Crippen molar-refractivity contribution in [2.75, 3.05) is 5.32 Å². The van der Waals surface area contributed by atoms with Crippen LogP contribution in [0.25, 0.3) is 0 Å². The number of carbonyl (C=O) groups excluding carboxylic acids is 1. The lowest BCUT2D eigenvalue weighted by atomic mass is 10.2. The van der Waals surface area contributed by atoms with Crippen molar-refractivity contribution < 1.29 is 4.79 Å². The highest BCUT2D eigenvalue weighted by Crippen LogP contribution is 2.30. The highest BCUT2D eigenvalue weighted by molar-refractivity contribution is 7.98. The Bertz CT molecular complexity index is 644. The van der Waals surface area contributed by atoms with Gasteiger partial charge in [0.15, 0.2) is 5.82 Å². The van der Waals surface area contributed by atoms with Crippen LogP contribution in [0.3, 0.4) is 0 Å². The molecule has 6 heteroatoms. The zero-order valence-electron chi connectivity index (χ0n) is 11.3. The SMILES string of the molecule is O=C(Nc1ccc(SCc2cccc(Cl)c2)nn1)C1CC1. The van der Waals surface area contributed by atoms with E-state index in [9.17, 15) is 4.79 Å². The molecule has 3 rings (SSSR count). The monoisotopic (exact) mass is 319 g/mol. The minimum atomic E-state index is 0.0450. The fraction of sp³-hybridized carbons (Fsp3) is 0.267. The van der Waals surface area contributed by atoms with Crippen molar-refractivity contribution in [2.24, 2.45) is 5.92 Å². The number of anilines is 1. The fourth-order valence-corrected chi connectivity index (χ4v) is 2.79. The van der Waals surface area contributed by atoms with Gasteiger partial charge in [0, 0.05) is 16.7 Å². The van der Waals surface area contributed by atoms with Crippen LogP contribution in [0.15, 0.2) is 41.4 Å². The van der Waals surface area contributed by atoms with Crippen LogP contribution in [0, 0.1) is 5.92 Å². The molecule has 1 saturated carbocycles. The Hall–Kier alpha value is -1.59. The van der Waals surface area contributed by atoms with Gasteiger partial charge in [-0.05, 0) is 42.7 Å². The van der Waals surface area contributed by atoms with Crippen LogP contribution < -0.4 is 5.32 Å². The van der Waals surface area contributed by atoms with Crippen LogP contribution >= 0.6 is 23.4 Å². The van der Waals surface area contributed by atoms with Crippen LogP contribution in [0.1, 0.15) is 18.4 Å². The Morgan fingerprint density at radius 1 is 1.29 bits per heavy atom. The van der Waals surface area contributed by atoms with Gasteiger partial charge in [-0.25, -0.2) is 0 Å². The number of hydrogen-bond donors (Lipinski definition) is 1. The van der Waals surface area contributed by atoms with Crippen molar-refractivity contribution in [3.05, 3.63) is 47.0 Å². The second-order valence-corrected chi connectivity index (χ2v) is 6.37. The molecule has 1 aromatic carbocycles. The summed E-state index contributed by atoms with van der Waals surface area (Å²) in [5.74, 6) is 1.51. The number of carbonyl (C=O) groups is 1. The third-order valence-corrected chi connectivity index (χ3v) is 4.34. The van der Waals surface area contributed by atoms with E-state index in [4.69, 9.17) is 11.6 Å². The fourth-order valence-electron chi connectivity index (χ4n) is 1.82. The lowest BCUT2D eigenvalue weighted by Crippen LogP contribution is -2.14. The van der Waals surface area contributed by atoms with E-state index in [0.29, 0.717) is 5.82 Å². The molecule has 0 unspecified atom stereocenters. The predicted octanol–water partition coefficient (Wildman–Crippen LogP) is 3.77. The highest BCUT2D eigenvalue weighted by atomic mass is 35.5. The molecule has 21 heavy (non-hydrogen) atoms. The van der Waals surface area contributed by atoms with Crippen LogP contribution in [-0.2, 0) is 10.5 Å². The van der Waals surface area contributed by atoms with Crippen molar-refractivity contribution >= 4 is 35.1 Å². The summed E-state index contributed by atoms with van der Waals surface area (Å²) in [6.07, 6.45) is 1.96. The highest BCUT2D eigenvalue weighted by Gasteiger charge is 2.29. The van der Waals surface area contributed by atoms with Crippen molar-refractivity contribution in [2.45, 2.75) is 23.6 Å². The summed E-state index contributed by atoms with van der Waals surface area (Å²) in [7, 11) is 0. The number of halogens is 1. The van der Waals surface area contributed by atoms with Gasteiger partial charge >= 0.3 is 0 Å². The average molecular weight is 320 g/mol. The molecule has 0 radical (unpaired) electrons. The number of amides is 1. The number of nitrogens with zero attached hydrogens (tertiary/aromatic N) is 2. The van der Waals surface area contributed by atoms with Crippen molar-refractivity contribution in [3.63, 3.8) is 0 Å². The van der Waals surface area contributed by atoms with Crippen molar-refractivity contribution in [1.29, 1.82) is 0 Å². The topological polar surface area (TPSA) is 54.9 Å². The van der Waals surface area contributed by atoms with E-state index in [1.54, 1.807) is 17.8 Å². The number of aromatic nitrogens is 2. The summed E-state index contributed by atoms with van der Waals surface area (Å²) < 4.78 is 0. The van der Waals surface area contributed by atoms with Gasteiger partial charge in [-0.1, -0.05) is 35.5 Å². The molecule has 0 spiro atoms. The number of nitrogens with one attached hydrogen (secondary N) is 1. The Balaban J connectivity index is 1.55. The summed E-state index contributed by atoms with van der Waals surface area (Å²) >= 11 is 7.53. The summed E-state index contributed by atoms with van der Waals surface area (Å²) in [4.78, 5) is 11.6. The number of benzene rings is 1. The Labute approximate surface area is 132 Å². The first kappa shape index (κ1) is 14.4. The zero-order chi connectivity index (χ0) is 14.7. The average Bonchev–Trinajstić information content (AvgIpc) is 3.31. The molecule has 0 saturated heterocycles. The maximum absolute atomic E-state index is 11.6. The van der Waals surface area contributed by atoms with Crippen LogP contribution in [0.2, 0.25) is 5.02 Å². The molecule has 108 valence electrons. The Morgan fingerprint density at radius 2 is 2.14 bits per heavy atom. The molecule has 1 fully saturated rings. The Kier molecular flexibility index (Phi) is 4.41. The second-order valence-electron chi connectivity index (χ2n) is 4.94. The summed E-state index contributed by atoms with van der Waals surface area (Å²) in [6, 6.07) is 11.4. The first-order valence-electron chi connectivity index (χ1n) is 6.72. The number of rotatable bonds is 5. The van der Waals surface area contributed by atoms with Gasteiger partial charge in [0.2, 0.25) is 5.91 Å². The maximum atomic E-state index is 11.6. The largest absolute Gasteiger partial charge is 0.309 e. The smallest absolute Gasteiger partial charge is 0.228 e. The molecule has 4 nitrogen and oxygen atoms in total. The van der Waals surface area contributed by atoms with Crippen LogP contribution in [-0.4, -0.2) is 16.1 Å². The molecule has 0 bridgehead atoms. The molecule has 2 aromatic rings. The van der Waals surface area contributed by atoms with Gasteiger partial charge in [0.1, 0.15) is 5.03 Å². The number of hydrogen-bond acceptors (Lipinski definition) is 4. The van der Waals surface area contributed by atoms with Gasteiger partial charge in [-0.2, -0.15) is 0 Å². The molecule has 1 amide bonds. The molecule has 1 aliphatic rings. The molecular formula is C15H14ClN3OS. The van der Waals surface area contributed by atoms with E-state index >= 15 is 0 Å². The summed E-state index contributed by atoms with van der Waals surface area (Å²) in [5, 5.41) is 12.5. The molecule has 1 N–H and O–H groups in total. The first-order chi connectivity index (χ1) is 10.2. The van der Waals surface area contributed by atoms with Gasteiger partial charge in [-0.3, -0.25) is 4.79 Å². The third-order valence-electron chi connectivity index (χ3n) is 3.12. The van der Waals surface area contributed by atoms with E-state index in [0.717, 1.165) is 34.2 Å².